The highest BCUT2D eigenvalue weighted by Crippen LogP contribution is 2.15. The van der Waals surface area contributed by atoms with Crippen LogP contribution in [0.15, 0.2) is 65.0 Å². The molecule has 4 aromatic rings. The van der Waals surface area contributed by atoms with Gasteiger partial charge in [0.05, 0.1) is 12.1 Å². The molecule has 4 rings (SSSR count). The second-order valence-corrected chi connectivity index (χ2v) is 6.86. The number of carbonyl (C=O) groups excluding carboxylic acids is 1. The van der Waals surface area contributed by atoms with Crippen LogP contribution in [0.5, 0.6) is 0 Å². The highest BCUT2D eigenvalue weighted by Gasteiger charge is 2.14. The summed E-state index contributed by atoms with van der Waals surface area (Å²) in [6.45, 7) is 0.235. The Balaban J connectivity index is 1.52. The van der Waals surface area contributed by atoms with Gasteiger partial charge in [0.25, 0.3) is 11.5 Å². The number of nitrogens with one attached hydrogen (secondary N) is 1. The largest absolute Gasteiger partial charge is 0.334 e. The van der Waals surface area contributed by atoms with Gasteiger partial charge in [0.2, 0.25) is 0 Å². The maximum Gasteiger partial charge on any atom is 0.268 e. The van der Waals surface area contributed by atoms with Crippen LogP contribution in [0.3, 0.4) is 0 Å². The maximum atomic E-state index is 12.6. The van der Waals surface area contributed by atoms with Crippen molar-refractivity contribution >= 4 is 27.5 Å². The molecule has 3 heterocycles. The summed E-state index contributed by atoms with van der Waals surface area (Å²) in [5.41, 5.74) is 2.06. The van der Waals surface area contributed by atoms with E-state index in [4.69, 9.17) is 0 Å². The molecule has 1 aromatic carbocycles. The number of hydrogen-bond acceptors (Lipinski definition) is 4. The average Bonchev–Trinajstić information content (AvgIpc) is 3.33. The SMILES string of the molecule is CN(Cc1nc2ccsc2c(=O)[nH]1)C(=O)c1ccc(-n2cccc2)cc1. The minimum absolute atomic E-state index is 0.128. The van der Waals surface area contributed by atoms with Gasteiger partial charge in [0, 0.05) is 30.7 Å². The lowest BCUT2D eigenvalue weighted by Gasteiger charge is -2.17. The molecule has 26 heavy (non-hydrogen) atoms. The Morgan fingerprint density at radius 3 is 2.65 bits per heavy atom. The molecule has 0 atom stereocenters. The second-order valence-electron chi connectivity index (χ2n) is 5.95. The zero-order valence-corrected chi connectivity index (χ0v) is 14.9. The molecule has 3 aromatic heterocycles. The van der Waals surface area contributed by atoms with E-state index in [9.17, 15) is 9.59 Å². The predicted molar refractivity (Wildman–Crippen MR) is 102 cm³/mol. The zero-order valence-electron chi connectivity index (χ0n) is 14.0. The molecule has 0 bridgehead atoms. The van der Waals surface area contributed by atoms with Gasteiger partial charge in [-0.15, -0.1) is 11.3 Å². The number of thiophene rings is 1. The van der Waals surface area contributed by atoms with Crippen LogP contribution in [0, 0.1) is 0 Å². The summed E-state index contributed by atoms with van der Waals surface area (Å²) >= 11 is 1.36. The zero-order chi connectivity index (χ0) is 18.1. The number of aromatic amines is 1. The number of nitrogens with zero attached hydrogens (tertiary/aromatic N) is 3. The lowest BCUT2D eigenvalue weighted by Crippen LogP contribution is -2.28. The van der Waals surface area contributed by atoms with Crippen LogP contribution in [0.2, 0.25) is 0 Å². The fourth-order valence-electron chi connectivity index (χ4n) is 2.80. The van der Waals surface area contributed by atoms with Crippen molar-refractivity contribution in [1.82, 2.24) is 19.4 Å². The van der Waals surface area contributed by atoms with Gasteiger partial charge in [-0.05, 0) is 47.8 Å². The van der Waals surface area contributed by atoms with Crippen LogP contribution in [0.4, 0.5) is 0 Å². The molecule has 0 radical (unpaired) electrons. The van der Waals surface area contributed by atoms with E-state index in [1.54, 1.807) is 30.1 Å². The van der Waals surface area contributed by atoms with Crippen LogP contribution in [-0.4, -0.2) is 32.4 Å². The first-order valence-electron chi connectivity index (χ1n) is 8.07. The molecule has 130 valence electrons. The molecule has 7 heteroatoms. The third kappa shape index (κ3) is 3.04. The summed E-state index contributed by atoms with van der Waals surface area (Å²) in [5.74, 6) is 0.345. The molecule has 0 unspecified atom stereocenters. The molecule has 1 amide bonds. The first kappa shape index (κ1) is 16.3. The van der Waals surface area contributed by atoms with Crippen LogP contribution in [-0.2, 0) is 6.54 Å². The number of hydrogen-bond donors (Lipinski definition) is 1. The van der Waals surface area contributed by atoms with Crippen molar-refractivity contribution in [3.05, 3.63) is 82.0 Å². The van der Waals surface area contributed by atoms with Crippen molar-refractivity contribution in [2.45, 2.75) is 6.54 Å². The molecule has 0 saturated carbocycles. The third-order valence-electron chi connectivity index (χ3n) is 4.11. The van der Waals surface area contributed by atoms with Gasteiger partial charge >= 0.3 is 0 Å². The number of amides is 1. The van der Waals surface area contributed by atoms with Gasteiger partial charge in [-0.25, -0.2) is 4.98 Å². The van der Waals surface area contributed by atoms with E-state index in [0.717, 1.165) is 5.69 Å². The van der Waals surface area contributed by atoms with Crippen molar-refractivity contribution < 1.29 is 4.79 Å². The van der Waals surface area contributed by atoms with Crippen LogP contribution >= 0.6 is 11.3 Å². The lowest BCUT2D eigenvalue weighted by atomic mass is 10.2. The van der Waals surface area contributed by atoms with Gasteiger partial charge in [-0.3, -0.25) is 9.59 Å². The number of fused-ring (bicyclic) bond motifs is 1. The summed E-state index contributed by atoms with van der Waals surface area (Å²) in [6, 6.07) is 13.1. The number of benzene rings is 1. The highest BCUT2D eigenvalue weighted by atomic mass is 32.1. The molecule has 0 fully saturated rings. The van der Waals surface area contributed by atoms with E-state index in [2.05, 4.69) is 9.97 Å². The predicted octanol–water partition coefficient (Wildman–Crippen LogP) is 3.05. The van der Waals surface area contributed by atoms with E-state index >= 15 is 0 Å². The quantitative estimate of drug-likeness (QED) is 0.605. The molecule has 0 aliphatic rings. The molecule has 0 aliphatic heterocycles. The Morgan fingerprint density at radius 1 is 1.19 bits per heavy atom. The molecule has 6 nitrogen and oxygen atoms in total. The van der Waals surface area contributed by atoms with Crippen LogP contribution in [0.1, 0.15) is 16.2 Å². The molecule has 1 N–H and O–H groups in total. The fourth-order valence-corrected chi connectivity index (χ4v) is 3.52. The minimum Gasteiger partial charge on any atom is -0.334 e. The topological polar surface area (TPSA) is 71.0 Å². The molecule has 0 aliphatic carbocycles. The summed E-state index contributed by atoms with van der Waals surface area (Å²) in [5, 5.41) is 1.83. The minimum atomic E-state index is -0.170. The molecule has 0 saturated heterocycles. The van der Waals surface area contributed by atoms with Crippen LogP contribution < -0.4 is 5.56 Å². The molecule has 0 spiro atoms. The lowest BCUT2D eigenvalue weighted by molar-refractivity contribution is 0.0781. The number of carbonyl (C=O) groups is 1. The Labute approximate surface area is 153 Å². The Bertz CT molecular complexity index is 1110. The second kappa shape index (κ2) is 6.61. The standard InChI is InChI=1S/C19H16N4O2S/c1-22(12-16-20-15-8-11-26-17(15)18(24)21-16)19(25)13-4-6-14(7-5-13)23-9-2-3-10-23/h2-11H,12H2,1H3,(H,20,21,24). The Hall–Kier alpha value is -3.19. The summed E-state index contributed by atoms with van der Waals surface area (Å²) in [7, 11) is 1.69. The fraction of sp³-hybridized carbons (Fsp3) is 0.105. The van der Waals surface area contributed by atoms with Crippen molar-refractivity contribution in [3.8, 4) is 5.69 Å². The first-order chi connectivity index (χ1) is 12.6. The summed E-state index contributed by atoms with van der Waals surface area (Å²) < 4.78 is 2.58. The van der Waals surface area contributed by atoms with Gasteiger partial charge in [-0.1, -0.05) is 0 Å². The third-order valence-corrected chi connectivity index (χ3v) is 5.02. The number of rotatable bonds is 4. The summed E-state index contributed by atoms with van der Waals surface area (Å²) in [4.78, 5) is 33.4. The summed E-state index contributed by atoms with van der Waals surface area (Å²) in [6.07, 6.45) is 3.90. The van der Waals surface area contributed by atoms with E-state index in [1.807, 2.05) is 46.6 Å². The van der Waals surface area contributed by atoms with E-state index in [0.29, 0.717) is 21.6 Å². The monoisotopic (exact) mass is 364 g/mol. The van der Waals surface area contributed by atoms with Crippen molar-refractivity contribution in [2.75, 3.05) is 7.05 Å². The highest BCUT2D eigenvalue weighted by molar-refractivity contribution is 7.17. The van der Waals surface area contributed by atoms with Crippen molar-refractivity contribution in [2.24, 2.45) is 0 Å². The van der Waals surface area contributed by atoms with Crippen molar-refractivity contribution in [1.29, 1.82) is 0 Å². The molecular weight excluding hydrogens is 348 g/mol. The number of aromatic nitrogens is 3. The van der Waals surface area contributed by atoms with E-state index in [-0.39, 0.29) is 18.0 Å². The van der Waals surface area contributed by atoms with Gasteiger partial charge < -0.3 is 14.5 Å². The smallest absolute Gasteiger partial charge is 0.268 e. The molecular formula is C19H16N4O2S. The number of H-pyrrole nitrogens is 1. The average molecular weight is 364 g/mol. The Kier molecular flexibility index (Phi) is 4.14. The van der Waals surface area contributed by atoms with Crippen LogP contribution in [0.25, 0.3) is 15.9 Å². The van der Waals surface area contributed by atoms with Crippen molar-refractivity contribution in [3.63, 3.8) is 0 Å². The normalized spacial score (nSPS) is 11.0. The Morgan fingerprint density at radius 2 is 1.92 bits per heavy atom. The van der Waals surface area contributed by atoms with E-state index in [1.165, 1.54) is 11.3 Å². The maximum absolute atomic E-state index is 12.6. The first-order valence-corrected chi connectivity index (χ1v) is 8.95. The van der Waals surface area contributed by atoms with Gasteiger partial charge in [0.15, 0.2) is 0 Å². The van der Waals surface area contributed by atoms with Gasteiger partial charge in [-0.2, -0.15) is 0 Å². The van der Waals surface area contributed by atoms with Gasteiger partial charge in [0.1, 0.15) is 10.5 Å². The van der Waals surface area contributed by atoms with E-state index < -0.39 is 0 Å².